The topological polar surface area (TPSA) is 261 Å². The van der Waals surface area contributed by atoms with Crippen molar-refractivity contribution in [3.8, 4) is 45.5 Å². The molecule has 31 heteroatoms. The lowest BCUT2D eigenvalue weighted by Crippen LogP contribution is -2.23. The number of carboxylic acids is 1. The molecule has 2 N–H and O–H groups in total. The van der Waals surface area contributed by atoms with Crippen LogP contribution in [0.1, 0.15) is 123 Å². The van der Waals surface area contributed by atoms with Crippen molar-refractivity contribution in [2.45, 2.75) is 110 Å². The van der Waals surface area contributed by atoms with Crippen molar-refractivity contribution >= 4 is 84.0 Å². The summed E-state index contributed by atoms with van der Waals surface area (Å²) in [5, 5.41) is 10.2. The van der Waals surface area contributed by atoms with Gasteiger partial charge in [0, 0.05) is 100 Å². The molecule has 0 bridgehead atoms. The number of carboxylic acid groups (broad SMARTS) is 1. The number of fused-ring (bicyclic) bond motifs is 3. The lowest BCUT2D eigenvalue weighted by molar-refractivity contribution is 0.00571. The number of hydrogen-bond acceptors (Lipinski definition) is 16. The summed E-state index contributed by atoms with van der Waals surface area (Å²) in [4.78, 5) is 83.5. The lowest BCUT2D eigenvalue weighted by Gasteiger charge is -2.19. The second kappa shape index (κ2) is 43.9. The van der Waals surface area contributed by atoms with Gasteiger partial charge in [-0.25, -0.2) is 80.2 Å². The highest BCUT2D eigenvalue weighted by atomic mass is 79.9. The van der Waals surface area contributed by atoms with Crippen LogP contribution in [0, 0.1) is 54.6 Å². The van der Waals surface area contributed by atoms with E-state index in [0.29, 0.717) is 118 Å². The highest BCUT2D eigenvalue weighted by molar-refractivity contribution is 9.08. The van der Waals surface area contributed by atoms with Crippen LogP contribution in [0.15, 0.2) is 223 Å². The number of carbonyl (C=O) groups is 3. The predicted octanol–water partition coefficient (Wildman–Crippen LogP) is 22.1. The summed E-state index contributed by atoms with van der Waals surface area (Å²) in [6, 6.07) is 56.7. The van der Waals surface area contributed by atoms with Crippen molar-refractivity contribution in [2.75, 3.05) is 41.2 Å². The van der Waals surface area contributed by atoms with Crippen molar-refractivity contribution < 1.29 is 79.0 Å². The van der Waals surface area contributed by atoms with Crippen molar-refractivity contribution in [2.24, 2.45) is 0 Å². The first-order chi connectivity index (χ1) is 63.3. The van der Waals surface area contributed by atoms with Crippen LogP contribution < -0.4 is 15.0 Å². The van der Waals surface area contributed by atoms with Crippen molar-refractivity contribution in [3.05, 3.63) is 365 Å². The fraction of sp³-hybridized carbons (Fsp3) is 0.228. The van der Waals surface area contributed by atoms with Gasteiger partial charge in [0.05, 0.1) is 106 Å². The molecule has 132 heavy (non-hydrogen) atoms. The van der Waals surface area contributed by atoms with Gasteiger partial charge in [-0.05, 0) is 184 Å². The van der Waals surface area contributed by atoms with Crippen molar-refractivity contribution in [1.82, 2.24) is 43.6 Å². The van der Waals surface area contributed by atoms with Crippen LogP contribution in [-0.4, -0.2) is 119 Å². The number of aromatic nitrogens is 9. The van der Waals surface area contributed by atoms with Gasteiger partial charge in [-0.15, -0.1) is 0 Å². The third-order valence-corrected chi connectivity index (χ3v) is 20.8. The Bertz CT molecular complexity index is 6910. The van der Waals surface area contributed by atoms with Crippen LogP contribution in [0.5, 0.6) is 11.8 Å². The molecule has 0 fully saturated rings. The molecule has 0 saturated heterocycles. The van der Waals surface area contributed by atoms with Crippen LogP contribution in [0.3, 0.4) is 0 Å². The fourth-order valence-corrected chi connectivity index (χ4v) is 14.1. The first-order valence-electron chi connectivity index (χ1n) is 41.3. The minimum atomic E-state index is -1.07. The second-order valence-corrected chi connectivity index (χ2v) is 32.5. The third kappa shape index (κ3) is 25.1. The zero-order valence-electron chi connectivity index (χ0n) is 73.3. The molecule has 9 aromatic carbocycles. The second-order valence-electron chi connectivity index (χ2n) is 31.9. The number of imidazole rings is 3. The first-order valence-corrected chi connectivity index (χ1v) is 42.4. The van der Waals surface area contributed by atoms with Gasteiger partial charge < -0.3 is 56.9 Å². The molecular weight excluding hydrogens is 1770 g/mol. The van der Waals surface area contributed by atoms with Crippen LogP contribution in [0.4, 0.5) is 43.4 Å². The molecule has 0 amide bonds. The molecule has 0 aliphatic rings. The van der Waals surface area contributed by atoms with E-state index in [4.69, 9.17) is 52.9 Å². The number of carbonyl (C=O) groups excluding carboxylic acids is 2. The minimum absolute atomic E-state index is 0.00185. The molecule has 0 saturated carbocycles. The number of aromatic carboxylic acids is 1. The van der Waals surface area contributed by atoms with Gasteiger partial charge in [-0.2, -0.15) is 0 Å². The van der Waals surface area contributed by atoms with E-state index in [-0.39, 0.29) is 100 Å². The Morgan fingerprint density at radius 3 is 1.10 bits per heavy atom. The molecule has 24 nitrogen and oxygen atoms in total. The number of aromatic amines is 1. The first kappa shape index (κ1) is 96.1. The number of methoxy groups -OCH3 is 3. The summed E-state index contributed by atoms with van der Waals surface area (Å²) in [6.45, 7) is 34.1. The van der Waals surface area contributed by atoms with Gasteiger partial charge >= 0.3 is 17.9 Å². The molecule has 15 rings (SSSR count). The Morgan fingerprint density at radius 2 is 0.758 bits per heavy atom. The molecule has 0 spiro atoms. The smallest absolute Gasteiger partial charge is 0.338 e. The summed E-state index contributed by atoms with van der Waals surface area (Å²) in [5.41, 5.74) is 8.26. The third-order valence-electron chi connectivity index (χ3n) is 20.2. The number of halogens is 7. The maximum absolute atomic E-state index is 15.5. The fourth-order valence-electron chi connectivity index (χ4n) is 13.8. The molecule has 6 aromatic heterocycles. The molecule has 674 valence electrons. The largest absolute Gasteiger partial charge is 0.478 e. The van der Waals surface area contributed by atoms with E-state index in [1.807, 2.05) is 33.4 Å². The number of H-pyrrole nitrogens is 1. The molecule has 0 unspecified atom stereocenters. The quantitative estimate of drug-likeness (QED) is 0.0200. The zero-order chi connectivity index (χ0) is 94.5. The molecular formula is C101H89BrF6N12O12. The van der Waals surface area contributed by atoms with Gasteiger partial charge in [0.15, 0.2) is 17.1 Å². The number of rotatable bonds is 28. The lowest BCUT2D eigenvalue weighted by atomic mass is 10.0. The van der Waals surface area contributed by atoms with Gasteiger partial charge in [0.1, 0.15) is 76.8 Å². The number of pyridine rings is 3. The van der Waals surface area contributed by atoms with Gasteiger partial charge in [0.25, 0.3) is 0 Å². The number of alkyl halides is 1. The maximum Gasteiger partial charge on any atom is 0.338 e. The van der Waals surface area contributed by atoms with E-state index in [1.165, 1.54) is 43.0 Å². The van der Waals surface area contributed by atoms with Gasteiger partial charge in [-0.3, -0.25) is 4.79 Å². The molecule has 15 aromatic rings. The standard InChI is InChI=1S/C35H32F2N4O4.C31H24F2N4O4.C27H27F2N3O4.C8H6BrN/c1-35(2,3)45-34(42)23-11-14-30-31(18-23)41(15-16-43-5)32(39-30)19-24-17-28(37)26(20-27(24)36)29-7-6-8-33(40-29)44-21-22-9-12-25(38-4)13-10-22;1-34-22-9-6-19(7-10-22)18-41-30-5-3-4-26(36-30)23-17-24(32)21(14-25(23)33)16-29-35-27-11-8-20(31(38)39)15-28(27)37(29)12-13-40-2;1-27(2,3)36-26(34)16-8-9-22-23(13-16)32(10-11-35-4)24(30-22)14-17-12-20(29)18(15-19(17)28)21-6-5-7-25(33)31-21;1-10-8-4-2-7(6-9)3-5-8/h6-14,17-18,20H,15-16,19,21H2,1-3,5H3;3-11,14-15,17H,12-13,16,18H2,2H3,(H,38,39);5-9,12-13,15H,10-11,14H2,1-4H3,(H,31,33);2-5H,6H2. The zero-order valence-corrected chi connectivity index (χ0v) is 74.9. The SMILES string of the molecule is COCCn1c(Cc2cc(F)c(-c3cccc(=O)[nH]3)cc2F)nc2ccc(C(=O)OC(C)(C)C)cc21.[C-]#[N+]c1ccc(CBr)cc1.[C-]#[N+]c1ccc(COc2cccc(-c3cc(F)c(Cc4nc5ccc(C(=O)O)cc5n4CCOC)cc3F)n2)cc1.[C-]#[N+]c1ccc(COc2cccc(-c3cc(F)c(Cc4nc5ccc(C(=O)OC(C)(C)C)cc5n4CCOC)cc3F)n2)cc1. The summed E-state index contributed by atoms with van der Waals surface area (Å²) in [5.74, 6) is -3.92. The average Bonchev–Trinajstić information content (AvgIpc) is 1.65. The average molecular weight is 1860 g/mol. The van der Waals surface area contributed by atoms with Gasteiger partial charge in [-0.1, -0.05) is 107 Å². The molecule has 0 atom stereocenters. The van der Waals surface area contributed by atoms with Crippen molar-refractivity contribution in [3.63, 3.8) is 0 Å². The number of benzene rings is 9. The summed E-state index contributed by atoms with van der Waals surface area (Å²) >= 11 is 3.33. The Balaban J connectivity index is 0.000000170. The molecule has 0 aliphatic carbocycles. The van der Waals surface area contributed by atoms with Crippen molar-refractivity contribution in [1.29, 1.82) is 0 Å². The minimum Gasteiger partial charge on any atom is -0.478 e. The van der Waals surface area contributed by atoms with Gasteiger partial charge in [0.2, 0.25) is 17.3 Å². The summed E-state index contributed by atoms with van der Waals surface area (Å²) in [7, 11) is 4.67. The van der Waals surface area contributed by atoms with E-state index in [2.05, 4.69) is 60.4 Å². The van der Waals surface area contributed by atoms with Crippen LogP contribution in [-0.2, 0) is 81.1 Å². The summed E-state index contributed by atoms with van der Waals surface area (Å²) in [6.07, 6.45) is -0.00667. The molecule has 0 aliphatic heterocycles. The molecule has 6 heterocycles. The summed E-state index contributed by atoms with van der Waals surface area (Å²) < 4.78 is 135. The van der Waals surface area contributed by atoms with E-state index < -0.39 is 69.6 Å². The van der Waals surface area contributed by atoms with E-state index in [9.17, 15) is 28.7 Å². The number of hydrogen-bond donors (Lipinski definition) is 2. The van der Waals surface area contributed by atoms with Crippen LogP contribution in [0.2, 0.25) is 0 Å². The van der Waals surface area contributed by atoms with E-state index >= 15 is 22.0 Å². The predicted molar refractivity (Wildman–Crippen MR) is 492 cm³/mol. The maximum atomic E-state index is 15.5. The number of ether oxygens (including phenoxy) is 7. The highest BCUT2D eigenvalue weighted by Crippen LogP contribution is 2.34. The number of esters is 2. The Kier molecular flexibility index (Phi) is 32.0. The number of nitrogens with one attached hydrogen (secondary N) is 1. The highest BCUT2D eigenvalue weighted by Gasteiger charge is 2.26. The van der Waals surface area contributed by atoms with E-state index in [1.54, 1.807) is 188 Å². The van der Waals surface area contributed by atoms with Crippen LogP contribution in [0.25, 0.3) is 81.4 Å². The Morgan fingerprint density at radius 1 is 0.417 bits per heavy atom. The van der Waals surface area contributed by atoms with Crippen LogP contribution >= 0.6 is 15.9 Å². The Labute approximate surface area is 764 Å². The number of nitrogens with zero attached hydrogens (tertiary/aromatic N) is 11. The Hall–Kier alpha value is -14.9. The van der Waals surface area contributed by atoms with E-state index in [0.717, 1.165) is 52.9 Å². The normalized spacial score (nSPS) is 11.2. The molecule has 0 radical (unpaired) electrons. The monoisotopic (exact) mass is 1850 g/mol.